The second-order valence-electron chi connectivity index (χ2n) is 17.2. The van der Waals surface area contributed by atoms with Crippen LogP contribution in [-0.4, -0.2) is 98.8 Å². The maximum Gasteiger partial charge on any atom is 0.417 e. The monoisotopic (exact) mass is 918 g/mol. The summed E-state index contributed by atoms with van der Waals surface area (Å²) in [6.45, 7) is 11.2. The number of halogens is 6. The number of anilines is 4. The first-order chi connectivity index (χ1) is 31.5. The highest BCUT2D eigenvalue weighted by Gasteiger charge is 2.40. The van der Waals surface area contributed by atoms with Gasteiger partial charge in [-0.1, -0.05) is 38.0 Å². The maximum absolute atomic E-state index is 14.7. The molecule has 0 atom stereocenters. The molecule has 0 saturated carbocycles. The Hall–Kier alpha value is -6.67. The number of aromatic nitrogens is 8. The smallest absolute Gasteiger partial charge is 0.368 e. The number of hydrogen-bond donors (Lipinski definition) is 0. The molecule has 66 heavy (non-hydrogen) atoms. The maximum atomic E-state index is 14.7. The Kier molecular flexibility index (Phi) is 13.2. The Bertz CT molecular complexity index is 2420. The predicted octanol–water partition coefficient (Wildman–Crippen LogP) is 8.47. The van der Waals surface area contributed by atoms with Crippen molar-refractivity contribution in [2.75, 3.05) is 72.0 Å². The first kappa shape index (κ1) is 45.9. The number of ketones is 1. The van der Waals surface area contributed by atoms with Gasteiger partial charge in [-0.15, -0.1) is 20.4 Å². The van der Waals surface area contributed by atoms with Crippen molar-refractivity contribution in [3.8, 4) is 23.2 Å². The first-order valence-corrected chi connectivity index (χ1v) is 21.8. The van der Waals surface area contributed by atoms with Crippen LogP contribution < -0.4 is 19.6 Å². The molecule has 0 unspecified atom stereocenters. The van der Waals surface area contributed by atoms with Gasteiger partial charge in [0.1, 0.15) is 0 Å². The summed E-state index contributed by atoms with van der Waals surface area (Å²) >= 11 is 0. The molecule has 0 aliphatic carbocycles. The topological polar surface area (TPSA) is 159 Å². The Balaban J connectivity index is 0.913. The van der Waals surface area contributed by atoms with Gasteiger partial charge in [0, 0.05) is 87.7 Å². The fourth-order valence-electron chi connectivity index (χ4n) is 7.83. The van der Waals surface area contributed by atoms with Crippen LogP contribution in [0, 0.1) is 11.8 Å². The first-order valence-electron chi connectivity index (χ1n) is 21.8. The average molecular weight is 919 g/mol. The second-order valence-corrected chi connectivity index (χ2v) is 17.2. The molecule has 4 aromatic heterocycles. The van der Waals surface area contributed by atoms with E-state index in [9.17, 15) is 31.1 Å². The molecule has 2 aliphatic heterocycles. The van der Waals surface area contributed by atoms with Gasteiger partial charge < -0.3 is 28.6 Å². The van der Waals surface area contributed by atoms with Gasteiger partial charge in [-0.3, -0.25) is 4.79 Å². The normalized spacial score (nSPS) is 15.1. The van der Waals surface area contributed by atoms with Crippen LogP contribution in [0.1, 0.15) is 79.2 Å². The van der Waals surface area contributed by atoms with Gasteiger partial charge in [-0.25, -0.2) is 0 Å². The predicted molar refractivity (Wildman–Crippen MR) is 232 cm³/mol. The van der Waals surface area contributed by atoms with Gasteiger partial charge in [-0.05, 0) is 85.3 Å². The molecule has 6 aromatic rings. The molecule has 8 rings (SSSR count). The lowest BCUT2D eigenvalue weighted by atomic mass is 9.93. The summed E-state index contributed by atoms with van der Waals surface area (Å²) < 4.78 is 98.7. The van der Waals surface area contributed by atoms with E-state index in [4.69, 9.17) is 9.05 Å². The average Bonchev–Trinajstić information content (AvgIpc) is 4.00. The summed E-state index contributed by atoms with van der Waals surface area (Å²) in [5.74, 6) is 2.35. The largest absolute Gasteiger partial charge is 0.417 e. The molecule has 15 nitrogen and oxygen atoms in total. The Morgan fingerprint density at radius 1 is 0.545 bits per heavy atom. The van der Waals surface area contributed by atoms with Gasteiger partial charge in [-0.2, -0.15) is 36.3 Å². The van der Waals surface area contributed by atoms with E-state index in [0.29, 0.717) is 112 Å². The highest BCUT2D eigenvalue weighted by atomic mass is 19.4. The molecular weight excluding hydrogens is 871 g/mol. The number of hydrogen-bond acceptors (Lipinski definition) is 15. The summed E-state index contributed by atoms with van der Waals surface area (Å²) in [4.78, 5) is 29.9. The van der Waals surface area contributed by atoms with Crippen molar-refractivity contribution in [2.24, 2.45) is 11.8 Å². The number of carbonyl (C=O) groups is 1. The van der Waals surface area contributed by atoms with Crippen LogP contribution in [0.15, 0.2) is 69.7 Å². The molecule has 2 saturated heterocycles. The van der Waals surface area contributed by atoms with E-state index in [0.717, 1.165) is 37.1 Å². The highest BCUT2D eigenvalue weighted by Crippen LogP contribution is 2.40. The van der Waals surface area contributed by atoms with E-state index in [1.165, 1.54) is 12.1 Å². The van der Waals surface area contributed by atoms with Gasteiger partial charge in [0.2, 0.25) is 0 Å². The molecule has 348 valence electrons. The standard InChI is InChI=1S/C45H48F6N12O3/c1-27(2)5-13-37-52-42(65-58-37)35-11-15-39(56-54-35)62-21-17-60(18-22-62)29-7-9-31(33(25-29)44(46,47)48)41(64)32-10-8-30(26-34(32)45(49,50)51)61-19-23-63(24-20-61)40-16-12-36(55-57-40)43-53-38(59-66-43)14-6-28(3)4/h7-12,15-16,25-28H,5-6,13-14,17-24H2,1-4H3. The summed E-state index contributed by atoms with van der Waals surface area (Å²) in [5, 5.41) is 25.1. The van der Waals surface area contributed by atoms with Crippen molar-refractivity contribution in [2.45, 2.75) is 65.7 Å². The van der Waals surface area contributed by atoms with Crippen LogP contribution in [0.3, 0.4) is 0 Å². The summed E-state index contributed by atoms with van der Waals surface area (Å²) in [7, 11) is 0. The molecule has 0 spiro atoms. The van der Waals surface area contributed by atoms with Crippen molar-refractivity contribution in [3.63, 3.8) is 0 Å². The van der Waals surface area contributed by atoms with Gasteiger partial charge >= 0.3 is 12.4 Å². The number of carbonyl (C=O) groups excluding carboxylic acids is 1. The molecule has 2 aliphatic rings. The zero-order chi connectivity index (χ0) is 46.8. The quantitative estimate of drug-likeness (QED) is 0.0756. The van der Waals surface area contributed by atoms with Crippen molar-refractivity contribution < 1.29 is 40.2 Å². The van der Waals surface area contributed by atoms with E-state index in [1.807, 2.05) is 9.80 Å². The van der Waals surface area contributed by atoms with Crippen molar-refractivity contribution in [1.82, 2.24) is 40.7 Å². The van der Waals surface area contributed by atoms with Crippen molar-refractivity contribution in [1.29, 1.82) is 0 Å². The van der Waals surface area contributed by atoms with Gasteiger partial charge in [0.25, 0.3) is 11.8 Å². The third-order valence-corrected chi connectivity index (χ3v) is 11.6. The summed E-state index contributed by atoms with van der Waals surface area (Å²) in [6, 6.07) is 13.1. The number of benzene rings is 2. The molecule has 21 heteroatoms. The minimum Gasteiger partial charge on any atom is -0.368 e. The van der Waals surface area contributed by atoms with Crippen molar-refractivity contribution >= 4 is 28.8 Å². The Morgan fingerprint density at radius 2 is 0.924 bits per heavy atom. The van der Waals surface area contributed by atoms with Gasteiger partial charge in [0.05, 0.1) is 11.1 Å². The number of nitrogens with zero attached hydrogens (tertiary/aromatic N) is 12. The molecular formula is C45H48F6N12O3. The van der Waals surface area contributed by atoms with Crippen LogP contribution in [0.25, 0.3) is 23.2 Å². The minimum absolute atomic E-state index is 0.176. The van der Waals surface area contributed by atoms with Gasteiger partial charge in [0.15, 0.2) is 40.5 Å². The zero-order valence-electron chi connectivity index (χ0n) is 36.8. The third kappa shape index (κ3) is 10.5. The molecule has 0 N–H and O–H groups in total. The zero-order valence-corrected chi connectivity index (χ0v) is 36.8. The van der Waals surface area contributed by atoms with Crippen LogP contribution in [0.4, 0.5) is 49.4 Å². The molecule has 0 radical (unpaired) electrons. The van der Waals surface area contributed by atoms with E-state index >= 15 is 0 Å². The van der Waals surface area contributed by atoms with Crippen molar-refractivity contribution in [3.05, 3.63) is 94.6 Å². The van der Waals surface area contributed by atoms with Crippen LogP contribution in [0.5, 0.6) is 0 Å². The van der Waals surface area contributed by atoms with E-state index in [1.54, 1.807) is 34.1 Å². The minimum atomic E-state index is -5.04. The summed E-state index contributed by atoms with van der Waals surface area (Å²) in [5.41, 5.74) is -3.23. The number of piperazine rings is 2. The third-order valence-electron chi connectivity index (χ3n) is 11.6. The second kappa shape index (κ2) is 19.0. The Labute approximate surface area is 376 Å². The molecule has 2 fully saturated rings. The lowest BCUT2D eigenvalue weighted by Crippen LogP contribution is -2.47. The number of alkyl halides is 6. The molecule has 0 bridgehead atoms. The number of aryl methyl sites for hydroxylation is 2. The Morgan fingerprint density at radius 3 is 1.26 bits per heavy atom. The SMILES string of the molecule is CC(C)CCc1noc(-c2ccc(N3CCN(c4ccc(C(=O)c5ccc(N6CCN(c7ccc(-c8nc(CCC(C)C)no8)nn7)CC6)cc5C(F)(F)F)c(C(F)(F)F)c4)CC3)nn2)n1. The van der Waals surface area contributed by atoms with Crippen LogP contribution in [-0.2, 0) is 25.2 Å². The lowest BCUT2D eigenvalue weighted by molar-refractivity contribution is -0.138. The van der Waals surface area contributed by atoms with E-state index in [2.05, 4.69) is 68.4 Å². The van der Waals surface area contributed by atoms with Crippen LogP contribution in [0.2, 0.25) is 0 Å². The summed E-state index contributed by atoms with van der Waals surface area (Å²) in [6.07, 6.45) is -6.91. The fourth-order valence-corrected chi connectivity index (χ4v) is 7.83. The lowest BCUT2D eigenvalue weighted by Gasteiger charge is -2.37. The molecule has 6 heterocycles. The molecule has 0 amide bonds. The van der Waals surface area contributed by atoms with E-state index in [-0.39, 0.29) is 23.2 Å². The molecule has 2 aromatic carbocycles. The number of rotatable bonds is 14. The van der Waals surface area contributed by atoms with E-state index < -0.39 is 40.4 Å². The fraction of sp³-hybridized carbons (Fsp3) is 0.444. The highest BCUT2D eigenvalue weighted by molar-refractivity contribution is 6.11. The van der Waals surface area contributed by atoms with Crippen LogP contribution >= 0.6 is 0 Å².